The van der Waals surface area contributed by atoms with Crippen molar-refractivity contribution in [3.63, 3.8) is 0 Å². The number of hydrogen-bond acceptors (Lipinski definition) is 8. The average molecular weight is 567 g/mol. The van der Waals surface area contributed by atoms with Crippen LogP contribution in [0.1, 0.15) is 15.9 Å². The lowest BCUT2D eigenvalue weighted by Crippen LogP contribution is -2.62. The van der Waals surface area contributed by atoms with Gasteiger partial charge in [0, 0.05) is 38.4 Å². The number of methoxy groups -OCH3 is 2. The second-order valence-electron chi connectivity index (χ2n) is 9.07. The van der Waals surface area contributed by atoms with Crippen LogP contribution >= 0.6 is 0 Å². The number of benzene rings is 2. The molecule has 2 aromatic carbocycles. The Morgan fingerprint density at radius 2 is 1.73 bits per heavy atom. The highest BCUT2D eigenvalue weighted by molar-refractivity contribution is 7.89. The van der Waals surface area contributed by atoms with Gasteiger partial charge in [0.1, 0.15) is 17.8 Å². The van der Waals surface area contributed by atoms with Gasteiger partial charge >= 0.3 is 5.97 Å². The van der Waals surface area contributed by atoms with Crippen molar-refractivity contribution in [1.29, 1.82) is 0 Å². The van der Waals surface area contributed by atoms with Crippen LogP contribution < -0.4 is 10.1 Å². The molecule has 0 spiro atoms. The quantitative estimate of drug-likeness (QED) is 0.385. The van der Waals surface area contributed by atoms with Crippen molar-refractivity contribution >= 4 is 27.8 Å². The van der Waals surface area contributed by atoms with Crippen molar-refractivity contribution in [2.24, 2.45) is 0 Å². The minimum absolute atomic E-state index is 0.0163. The van der Waals surface area contributed by atoms with E-state index in [9.17, 15) is 22.8 Å². The Morgan fingerprint density at radius 1 is 1.00 bits per heavy atom. The normalized spacial score (nSPS) is 16.6. The molecular formula is C28H30N4O7S. The predicted molar refractivity (Wildman–Crippen MR) is 145 cm³/mol. The number of ether oxygens (including phenoxy) is 2. The fourth-order valence-electron chi connectivity index (χ4n) is 4.45. The van der Waals surface area contributed by atoms with Crippen LogP contribution in [0.3, 0.4) is 0 Å². The maximum Gasteiger partial charge on any atom is 0.328 e. The zero-order valence-electron chi connectivity index (χ0n) is 22.1. The van der Waals surface area contributed by atoms with E-state index in [1.54, 1.807) is 54.6 Å². The van der Waals surface area contributed by atoms with E-state index in [1.807, 2.05) is 0 Å². The van der Waals surface area contributed by atoms with Gasteiger partial charge in [0.25, 0.3) is 5.91 Å². The van der Waals surface area contributed by atoms with Crippen molar-refractivity contribution in [1.82, 2.24) is 19.5 Å². The summed E-state index contributed by atoms with van der Waals surface area (Å²) in [6.45, 7) is -0.277. The first-order valence-electron chi connectivity index (χ1n) is 12.5. The first-order chi connectivity index (χ1) is 19.2. The number of nitrogens with zero attached hydrogens (tertiary/aromatic N) is 3. The van der Waals surface area contributed by atoms with Gasteiger partial charge in [-0.25, -0.2) is 13.2 Å². The lowest BCUT2D eigenvalue weighted by atomic mass is 10.0. The Labute approximate surface area is 232 Å². The lowest BCUT2D eigenvalue weighted by molar-refractivity contribution is -0.145. The zero-order chi connectivity index (χ0) is 28.7. The second kappa shape index (κ2) is 12.7. The molecule has 40 heavy (non-hydrogen) atoms. The summed E-state index contributed by atoms with van der Waals surface area (Å²) in [5.74, 6) is -1.18. The van der Waals surface area contributed by atoms with Crippen molar-refractivity contribution in [2.75, 3.05) is 33.9 Å². The second-order valence-corrected chi connectivity index (χ2v) is 11.0. The summed E-state index contributed by atoms with van der Waals surface area (Å²) in [7, 11) is -1.37. The lowest BCUT2D eigenvalue weighted by Gasteiger charge is -2.40. The molecule has 1 fully saturated rings. The molecule has 3 aromatic rings. The summed E-state index contributed by atoms with van der Waals surface area (Å²) in [6.07, 6.45) is 3.04. The molecule has 0 bridgehead atoms. The highest BCUT2D eigenvalue weighted by Gasteiger charge is 2.42. The molecule has 0 radical (unpaired) electrons. The first-order valence-corrected chi connectivity index (χ1v) is 14.0. The number of piperazine rings is 1. The Hall–Kier alpha value is -4.29. The molecule has 1 aliphatic rings. The van der Waals surface area contributed by atoms with Gasteiger partial charge in [-0.15, -0.1) is 0 Å². The van der Waals surface area contributed by atoms with Crippen LogP contribution in [-0.2, 0) is 30.8 Å². The van der Waals surface area contributed by atoms with Gasteiger partial charge in [0.05, 0.1) is 24.7 Å². The minimum atomic E-state index is -4.11. The van der Waals surface area contributed by atoms with Gasteiger partial charge in [0.15, 0.2) is 0 Å². The van der Waals surface area contributed by atoms with Crippen LogP contribution in [0.2, 0.25) is 0 Å². The fraction of sp³-hybridized carbons (Fsp3) is 0.286. The van der Waals surface area contributed by atoms with Crippen LogP contribution in [0.25, 0.3) is 0 Å². The number of carbonyl (C=O) groups is 3. The van der Waals surface area contributed by atoms with E-state index < -0.39 is 34.0 Å². The van der Waals surface area contributed by atoms with Crippen LogP contribution in [0, 0.1) is 0 Å². The topological polar surface area (TPSA) is 135 Å². The maximum atomic E-state index is 13.7. The molecule has 1 saturated heterocycles. The molecule has 1 aromatic heterocycles. The SMILES string of the molecule is COC(=O)[C@H](Cc1ccc(OC)cc1)NC(=O)[C@H]1CN(C(=O)c2cccnc2)CCN1S(=O)(=O)c1ccccc1. The molecule has 12 heteroatoms. The largest absolute Gasteiger partial charge is 0.497 e. The van der Waals surface area contributed by atoms with E-state index in [-0.39, 0.29) is 36.9 Å². The fourth-order valence-corrected chi connectivity index (χ4v) is 6.04. The van der Waals surface area contributed by atoms with Crippen molar-refractivity contribution in [3.8, 4) is 5.75 Å². The third-order valence-corrected chi connectivity index (χ3v) is 8.50. The van der Waals surface area contributed by atoms with E-state index in [4.69, 9.17) is 9.47 Å². The molecule has 2 heterocycles. The van der Waals surface area contributed by atoms with Crippen molar-refractivity contribution in [3.05, 3.63) is 90.3 Å². The Morgan fingerprint density at radius 3 is 2.35 bits per heavy atom. The number of hydrogen-bond donors (Lipinski definition) is 1. The van der Waals surface area contributed by atoms with Gasteiger partial charge in [-0.1, -0.05) is 30.3 Å². The number of aromatic nitrogens is 1. The molecule has 4 rings (SSSR count). The smallest absolute Gasteiger partial charge is 0.328 e. The van der Waals surface area contributed by atoms with Gasteiger partial charge < -0.3 is 19.7 Å². The molecule has 11 nitrogen and oxygen atoms in total. The van der Waals surface area contributed by atoms with Gasteiger partial charge in [0.2, 0.25) is 15.9 Å². The van der Waals surface area contributed by atoms with Crippen molar-refractivity contribution < 1.29 is 32.3 Å². The van der Waals surface area contributed by atoms with E-state index in [0.717, 1.165) is 9.87 Å². The summed E-state index contributed by atoms with van der Waals surface area (Å²) in [5.41, 5.74) is 1.04. The molecule has 210 valence electrons. The first kappa shape index (κ1) is 28.7. The molecule has 2 amide bonds. The predicted octanol–water partition coefficient (Wildman–Crippen LogP) is 1.51. The summed E-state index contributed by atoms with van der Waals surface area (Å²) in [4.78, 5) is 44.9. The molecule has 2 atom stereocenters. The third kappa shape index (κ3) is 6.46. The van der Waals surface area contributed by atoms with E-state index in [1.165, 1.54) is 43.6 Å². The maximum absolute atomic E-state index is 13.7. The van der Waals surface area contributed by atoms with Gasteiger partial charge in [-0.3, -0.25) is 14.6 Å². The monoisotopic (exact) mass is 566 g/mol. The number of amides is 2. The highest BCUT2D eigenvalue weighted by Crippen LogP contribution is 2.23. The van der Waals surface area contributed by atoms with Crippen LogP contribution in [0.4, 0.5) is 0 Å². The molecule has 1 N–H and O–H groups in total. The third-order valence-electron chi connectivity index (χ3n) is 6.58. The Bertz CT molecular complexity index is 1430. The Balaban J connectivity index is 1.62. The number of sulfonamides is 1. The van der Waals surface area contributed by atoms with Crippen LogP contribution in [-0.4, -0.2) is 86.3 Å². The molecule has 1 aliphatic heterocycles. The molecule has 0 unspecified atom stereocenters. The summed E-state index contributed by atoms with van der Waals surface area (Å²) in [5, 5.41) is 2.67. The average Bonchev–Trinajstić information content (AvgIpc) is 3.00. The number of pyridine rings is 1. The standard InChI is InChI=1S/C28H30N4O7S/c1-38-22-12-10-20(11-13-22)17-24(28(35)39-2)30-26(33)25-19-31(27(34)21-7-6-14-29-18-21)15-16-32(25)40(36,37)23-8-4-3-5-9-23/h3-14,18,24-25H,15-17,19H2,1-2H3,(H,30,33)/t24-,25+/m0/s1. The summed E-state index contributed by atoms with van der Waals surface area (Å²) in [6, 6.07) is 15.5. The summed E-state index contributed by atoms with van der Waals surface area (Å²) >= 11 is 0. The van der Waals surface area contributed by atoms with E-state index in [0.29, 0.717) is 11.3 Å². The zero-order valence-corrected chi connectivity index (χ0v) is 22.9. The molecule has 0 saturated carbocycles. The van der Waals surface area contributed by atoms with E-state index in [2.05, 4.69) is 10.3 Å². The number of rotatable bonds is 9. The highest BCUT2D eigenvalue weighted by atomic mass is 32.2. The number of nitrogens with one attached hydrogen (secondary N) is 1. The minimum Gasteiger partial charge on any atom is -0.497 e. The molecule has 0 aliphatic carbocycles. The molecular weight excluding hydrogens is 536 g/mol. The van der Waals surface area contributed by atoms with Gasteiger partial charge in [-0.05, 0) is 42.0 Å². The van der Waals surface area contributed by atoms with Crippen LogP contribution in [0.15, 0.2) is 84.0 Å². The van der Waals surface area contributed by atoms with Crippen molar-refractivity contribution in [2.45, 2.75) is 23.4 Å². The number of carbonyl (C=O) groups excluding carboxylic acids is 3. The Kier molecular flexibility index (Phi) is 9.12. The van der Waals surface area contributed by atoms with E-state index >= 15 is 0 Å². The van der Waals surface area contributed by atoms with Gasteiger partial charge in [-0.2, -0.15) is 4.31 Å². The summed E-state index contributed by atoms with van der Waals surface area (Å²) < 4.78 is 38.4. The van der Waals surface area contributed by atoms with Crippen LogP contribution in [0.5, 0.6) is 5.75 Å². The number of esters is 1.